The Morgan fingerprint density at radius 2 is 2.22 bits per heavy atom. The SMILES string of the molecule is CCOC(=O)C1=C(CN2CCC(/C=C/C(=O)O)C(F)C2)NC(c2nccs2)=NC1c1ccc(F)cc1Cl. The number of alkyl halides is 1. The molecule has 2 aliphatic rings. The molecule has 0 aliphatic carbocycles. The van der Waals surface area contributed by atoms with Crippen molar-refractivity contribution in [1.29, 1.82) is 0 Å². The van der Waals surface area contributed by atoms with Crippen molar-refractivity contribution in [3.8, 4) is 0 Å². The van der Waals surface area contributed by atoms with Crippen molar-refractivity contribution in [3.05, 3.63) is 74.6 Å². The van der Waals surface area contributed by atoms with Gasteiger partial charge in [-0.15, -0.1) is 11.3 Å². The summed E-state index contributed by atoms with van der Waals surface area (Å²) < 4.78 is 34.1. The Morgan fingerprint density at radius 3 is 2.86 bits per heavy atom. The number of esters is 1. The molecule has 1 aromatic carbocycles. The second-order valence-corrected chi connectivity index (χ2v) is 9.82. The third-order valence-corrected chi connectivity index (χ3v) is 7.16. The number of benzene rings is 1. The number of piperidine rings is 1. The van der Waals surface area contributed by atoms with Crippen molar-refractivity contribution < 1.29 is 28.2 Å². The highest BCUT2D eigenvalue weighted by Gasteiger charge is 2.36. The van der Waals surface area contributed by atoms with E-state index < -0.39 is 35.9 Å². The molecule has 2 aliphatic heterocycles. The number of hydrogen-bond acceptors (Lipinski definition) is 8. The maximum Gasteiger partial charge on any atom is 0.338 e. The standard InChI is InChI=1S/C25H25ClF2N4O4S/c1-2-36-25(35)21-19(13-32-9-7-14(18(28)12-32)3-6-20(33)34)30-23(24-29-8-10-37-24)31-22(21)16-5-4-15(27)11-17(16)26/h3-6,8,10-11,14,18,22H,2,7,9,12-13H2,1H3,(H,30,31)(H,33,34)/b6-3+. The zero-order valence-electron chi connectivity index (χ0n) is 19.9. The number of aliphatic carboxylic acids is 1. The third-order valence-electron chi connectivity index (χ3n) is 6.06. The Hall–Kier alpha value is -3.15. The number of likely N-dealkylation sites (tertiary alicyclic amines) is 1. The molecule has 2 N–H and O–H groups in total. The number of carboxylic acid groups (broad SMARTS) is 1. The Balaban J connectivity index is 1.71. The predicted molar refractivity (Wildman–Crippen MR) is 136 cm³/mol. The number of nitrogens with one attached hydrogen (secondary N) is 1. The number of nitrogens with zero attached hydrogens (tertiary/aromatic N) is 3. The number of aromatic nitrogens is 1. The number of carbonyl (C=O) groups is 2. The first-order valence-electron chi connectivity index (χ1n) is 11.6. The molecule has 0 radical (unpaired) electrons. The van der Waals surface area contributed by atoms with E-state index in [0.29, 0.717) is 35.1 Å². The first-order chi connectivity index (χ1) is 17.8. The van der Waals surface area contributed by atoms with Crippen LogP contribution in [0.15, 0.2) is 58.2 Å². The number of carbonyl (C=O) groups excluding carboxylic acids is 1. The van der Waals surface area contributed by atoms with Gasteiger partial charge in [-0.05, 0) is 32.0 Å². The Bertz CT molecular complexity index is 1250. The van der Waals surface area contributed by atoms with Gasteiger partial charge in [0.1, 0.15) is 18.0 Å². The molecule has 0 spiro atoms. The van der Waals surface area contributed by atoms with Crippen LogP contribution in [0.3, 0.4) is 0 Å². The summed E-state index contributed by atoms with van der Waals surface area (Å²) in [5.41, 5.74) is 1.06. The van der Waals surface area contributed by atoms with Gasteiger partial charge in [-0.25, -0.2) is 23.4 Å². The molecule has 3 heterocycles. The molecule has 2 aromatic rings. The van der Waals surface area contributed by atoms with Gasteiger partial charge in [-0.3, -0.25) is 9.89 Å². The van der Waals surface area contributed by atoms with Crippen molar-refractivity contribution in [3.63, 3.8) is 0 Å². The first-order valence-corrected chi connectivity index (χ1v) is 12.9. The molecule has 196 valence electrons. The molecular formula is C25H25ClF2N4O4S. The van der Waals surface area contributed by atoms with E-state index in [-0.39, 0.29) is 30.3 Å². The van der Waals surface area contributed by atoms with E-state index in [1.807, 2.05) is 4.90 Å². The van der Waals surface area contributed by atoms with Crippen LogP contribution in [-0.2, 0) is 14.3 Å². The number of aliphatic imine (C=N–C) groups is 1. The number of carboxylic acids is 1. The van der Waals surface area contributed by atoms with Gasteiger partial charge < -0.3 is 15.2 Å². The summed E-state index contributed by atoms with van der Waals surface area (Å²) in [7, 11) is 0. The lowest BCUT2D eigenvalue weighted by molar-refractivity contribution is -0.139. The fourth-order valence-electron chi connectivity index (χ4n) is 4.34. The van der Waals surface area contributed by atoms with Gasteiger partial charge in [-0.2, -0.15) is 0 Å². The zero-order chi connectivity index (χ0) is 26.5. The number of ether oxygens (including phenoxy) is 1. The highest BCUT2D eigenvalue weighted by atomic mass is 35.5. The van der Waals surface area contributed by atoms with Gasteiger partial charge in [0.2, 0.25) is 0 Å². The summed E-state index contributed by atoms with van der Waals surface area (Å²) in [4.78, 5) is 34.9. The average molecular weight is 551 g/mol. The lowest BCUT2D eigenvalue weighted by Crippen LogP contribution is -2.45. The van der Waals surface area contributed by atoms with Crippen molar-refractivity contribution in [2.24, 2.45) is 10.9 Å². The molecule has 3 unspecified atom stereocenters. The molecule has 1 saturated heterocycles. The minimum absolute atomic E-state index is 0.0433. The average Bonchev–Trinajstić information content (AvgIpc) is 3.38. The maximum absolute atomic E-state index is 14.9. The lowest BCUT2D eigenvalue weighted by atomic mass is 9.92. The fraction of sp³-hybridized carbons (Fsp3) is 0.360. The second kappa shape index (κ2) is 11.9. The molecule has 3 atom stereocenters. The van der Waals surface area contributed by atoms with Gasteiger partial charge in [0.25, 0.3) is 0 Å². The van der Waals surface area contributed by atoms with Crippen LogP contribution >= 0.6 is 22.9 Å². The van der Waals surface area contributed by atoms with Gasteiger partial charge in [0.15, 0.2) is 10.8 Å². The quantitative estimate of drug-likeness (QED) is 0.376. The summed E-state index contributed by atoms with van der Waals surface area (Å²) in [5, 5.41) is 14.5. The van der Waals surface area contributed by atoms with Crippen LogP contribution in [0.5, 0.6) is 0 Å². The fourth-order valence-corrected chi connectivity index (χ4v) is 5.20. The first kappa shape index (κ1) is 26.9. The van der Waals surface area contributed by atoms with Crippen LogP contribution in [0.25, 0.3) is 0 Å². The monoisotopic (exact) mass is 550 g/mol. The topological polar surface area (TPSA) is 104 Å². The predicted octanol–water partition coefficient (Wildman–Crippen LogP) is 4.14. The summed E-state index contributed by atoms with van der Waals surface area (Å²) in [6.45, 7) is 2.49. The number of allylic oxidation sites excluding steroid dienone is 1. The molecule has 8 nitrogen and oxygen atoms in total. The molecule has 0 saturated carbocycles. The largest absolute Gasteiger partial charge is 0.478 e. The number of hydrogen-bond donors (Lipinski definition) is 2. The summed E-state index contributed by atoms with van der Waals surface area (Å²) >= 11 is 7.73. The van der Waals surface area contributed by atoms with E-state index in [2.05, 4.69) is 10.3 Å². The Kier molecular flexibility index (Phi) is 8.67. The highest BCUT2D eigenvalue weighted by Crippen LogP contribution is 2.37. The molecule has 0 bridgehead atoms. The van der Waals surface area contributed by atoms with E-state index in [9.17, 15) is 18.4 Å². The highest BCUT2D eigenvalue weighted by molar-refractivity contribution is 7.11. The Morgan fingerprint density at radius 1 is 1.41 bits per heavy atom. The van der Waals surface area contributed by atoms with Crippen molar-refractivity contribution >= 4 is 40.7 Å². The Labute approximate surface area is 221 Å². The van der Waals surface area contributed by atoms with Gasteiger partial charge >= 0.3 is 11.9 Å². The van der Waals surface area contributed by atoms with Crippen molar-refractivity contribution in [2.45, 2.75) is 25.6 Å². The van der Waals surface area contributed by atoms with Gasteiger partial charge in [0, 0.05) is 52.9 Å². The van der Waals surface area contributed by atoms with E-state index >= 15 is 0 Å². The van der Waals surface area contributed by atoms with Crippen molar-refractivity contribution in [1.82, 2.24) is 15.2 Å². The van der Waals surface area contributed by atoms with E-state index in [0.717, 1.165) is 12.1 Å². The van der Waals surface area contributed by atoms with Crippen LogP contribution in [0.2, 0.25) is 5.02 Å². The van der Waals surface area contributed by atoms with Crippen LogP contribution < -0.4 is 5.32 Å². The van der Waals surface area contributed by atoms with E-state index in [1.165, 1.54) is 29.5 Å². The van der Waals surface area contributed by atoms with Crippen LogP contribution in [-0.4, -0.2) is 65.2 Å². The summed E-state index contributed by atoms with van der Waals surface area (Å²) in [6, 6.07) is 2.97. The third kappa shape index (κ3) is 6.41. The minimum atomic E-state index is -1.28. The molecule has 12 heteroatoms. The summed E-state index contributed by atoms with van der Waals surface area (Å²) in [6.07, 6.45) is 3.09. The molecule has 1 fully saturated rings. The smallest absolute Gasteiger partial charge is 0.338 e. The van der Waals surface area contributed by atoms with Crippen LogP contribution in [0.1, 0.15) is 30.0 Å². The molecule has 0 amide bonds. The lowest BCUT2D eigenvalue weighted by Gasteiger charge is -2.36. The zero-order valence-corrected chi connectivity index (χ0v) is 21.4. The molecular weight excluding hydrogens is 526 g/mol. The number of amidine groups is 1. The van der Waals surface area contributed by atoms with Crippen LogP contribution in [0, 0.1) is 11.7 Å². The number of rotatable bonds is 8. The minimum Gasteiger partial charge on any atom is -0.478 e. The van der Waals surface area contributed by atoms with E-state index in [4.69, 9.17) is 26.4 Å². The normalized spacial score (nSPS) is 22.6. The van der Waals surface area contributed by atoms with Crippen molar-refractivity contribution in [2.75, 3.05) is 26.2 Å². The van der Waals surface area contributed by atoms with Crippen LogP contribution in [0.4, 0.5) is 8.78 Å². The van der Waals surface area contributed by atoms with Gasteiger partial charge in [-0.1, -0.05) is 23.7 Å². The summed E-state index contributed by atoms with van der Waals surface area (Å²) in [5.74, 6) is -2.37. The number of thiazole rings is 1. The van der Waals surface area contributed by atoms with E-state index in [1.54, 1.807) is 18.5 Å². The molecule has 4 rings (SSSR count). The molecule has 37 heavy (non-hydrogen) atoms. The second-order valence-electron chi connectivity index (χ2n) is 8.52. The molecule has 1 aromatic heterocycles. The maximum atomic E-state index is 14.9. The number of halogens is 3. The van der Waals surface area contributed by atoms with Gasteiger partial charge in [0.05, 0.1) is 12.2 Å².